The topological polar surface area (TPSA) is 72.9 Å². The molecule has 2 rings (SSSR count). The molecule has 0 saturated heterocycles. The maximum absolute atomic E-state index is 11.8. The van der Waals surface area contributed by atoms with Gasteiger partial charge in [0.1, 0.15) is 11.9 Å². The summed E-state index contributed by atoms with van der Waals surface area (Å²) in [7, 11) is 1.64. The second-order valence-electron chi connectivity index (χ2n) is 4.29. The van der Waals surface area contributed by atoms with Gasteiger partial charge in [-0.2, -0.15) is 0 Å². The number of carbonyl (C=O) groups excluding carboxylic acids is 1. The summed E-state index contributed by atoms with van der Waals surface area (Å²) in [5.41, 5.74) is 8.22. The third-order valence-corrected chi connectivity index (χ3v) is 3.12. The molecule has 0 fully saturated rings. The molecule has 96 valence electrons. The van der Waals surface area contributed by atoms with E-state index in [0.717, 1.165) is 23.3 Å². The predicted octanol–water partition coefficient (Wildman–Crippen LogP) is 1.49. The van der Waals surface area contributed by atoms with Crippen molar-refractivity contribution in [3.05, 3.63) is 24.0 Å². The van der Waals surface area contributed by atoms with Gasteiger partial charge in [0.15, 0.2) is 0 Å². The van der Waals surface area contributed by atoms with Crippen LogP contribution in [0.5, 0.6) is 0 Å². The van der Waals surface area contributed by atoms with Crippen LogP contribution in [-0.4, -0.2) is 22.5 Å². The molecule has 0 aliphatic carbocycles. The van der Waals surface area contributed by atoms with Crippen molar-refractivity contribution in [2.45, 2.75) is 26.3 Å². The minimum absolute atomic E-state index is 0.0270. The molecule has 0 radical (unpaired) electrons. The molecular formula is C13H18N4O. The zero-order valence-electron chi connectivity index (χ0n) is 10.9. The van der Waals surface area contributed by atoms with E-state index < -0.39 is 0 Å². The van der Waals surface area contributed by atoms with Crippen LogP contribution < -0.4 is 11.1 Å². The van der Waals surface area contributed by atoms with Gasteiger partial charge < -0.3 is 15.6 Å². The number of amides is 1. The number of likely N-dealkylation sites (N-methyl/N-ethyl adjacent to an activating group) is 1. The lowest BCUT2D eigenvalue weighted by atomic mass is 10.2. The summed E-state index contributed by atoms with van der Waals surface area (Å²) in [6.07, 6.45) is 0.774. The van der Waals surface area contributed by atoms with E-state index in [1.807, 2.05) is 36.6 Å². The van der Waals surface area contributed by atoms with Gasteiger partial charge in [0, 0.05) is 19.2 Å². The number of aryl methyl sites for hydroxylation is 1. The van der Waals surface area contributed by atoms with Gasteiger partial charge >= 0.3 is 0 Å². The molecule has 0 spiro atoms. The monoisotopic (exact) mass is 246 g/mol. The van der Waals surface area contributed by atoms with Crippen molar-refractivity contribution in [1.29, 1.82) is 0 Å². The van der Waals surface area contributed by atoms with Crippen molar-refractivity contribution in [2.24, 2.45) is 0 Å². The molecule has 0 bridgehead atoms. The Kier molecular flexibility index (Phi) is 3.23. The van der Waals surface area contributed by atoms with E-state index in [0.29, 0.717) is 5.69 Å². The number of nitrogens with zero attached hydrogens (tertiary/aromatic N) is 2. The molecule has 2 aromatic rings. The summed E-state index contributed by atoms with van der Waals surface area (Å²) in [6, 6.07) is 5.30. The molecule has 0 aliphatic rings. The number of nitrogens with two attached hydrogens (primary N) is 1. The molecule has 0 aliphatic heterocycles. The highest BCUT2D eigenvalue weighted by Crippen LogP contribution is 2.23. The lowest BCUT2D eigenvalue weighted by Crippen LogP contribution is -2.28. The summed E-state index contributed by atoms with van der Waals surface area (Å²) < 4.78 is 1.97. The number of anilines is 1. The van der Waals surface area contributed by atoms with Gasteiger partial charge in [-0.3, -0.25) is 4.79 Å². The summed E-state index contributed by atoms with van der Waals surface area (Å²) >= 11 is 0. The Morgan fingerprint density at radius 3 is 2.89 bits per heavy atom. The van der Waals surface area contributed by atoms with Gasteiger partial charge in [0.05, 0.1) is 11.0 Å². The number of nitrogen functional groups attached to an aromatic ring is 1. The lowest BCUT2D eigenvalue weighted by Gasteiger charge is -2.15. The number of hydrogen-bond acceptors (Lipinski definition) is 3. The van der Waals surface area contributed by atoms with Crippen molar-refractivity contribution >= 4 is 22.6 Å². The Hall–Kier alpha value is -2.04. The largest absolute Gasteiger partial charge is 0.399 e. The van der Waals surface area contributed by atoms with Crippen LogP contribution in [0.3, 0.4) is 0 Å². The zero-order valence-corrected chi connectivity index (χ0v) is 10.9. The minimum Gasteiger partial charge on any atom is -0.399 e. The smallest absolute Gasteiger partial charge is 0.242 e. The third kappa shape index (κ3) is 1.92. The Morgan fingerprint density at radius 2 is 2.28 bits per heavy atom. The predicted molar refractivity (Wildman–Crippen MR) is 72.3 cm³/mol. The fourth-order valence-electron chi connectivity index (χ4n) is 2.17. The van der Waals surface area contributed by atoms with E-state index in [1.165, 1.54) is 0 Å². The molecule has 1 amide bonds. The first-order valence-electron chi connectivity index (χ1n) is 6.06. The van der Waals surface area contributed by atoms with Gasteiger partial charge in [-0.1, -0.05) is 6.92 Å². The summed E-state index contributed by atoms with van der Waals surface area (Å²) in [5, 5.41) is 2.67. The molecule has 5 nitrogen and oxygen atoms in total. The number of fused-ring (bicyclic) bond motifs is 1. The molecule has 3 N–H and O–H groups in total. The van der Waals surface area contributed by atoms with Crippen molar-refractivity contribution in [2.75, 3.05) is 12.8 Å². The van der Waals surface area contributed by atoms with Crippen molar-refractivity contribution in [1.82, 2.24) is 14.9 Å². The first-order valence-corrected chi connectivity index (χ1v) is 6.06. The summed E-state index contributed by atoms with van der Waals surface area (Å²) in [6.45, 7) is 3.90. The highest BCUT2D eigenvalue weighted by Gasteiger charge is 2.19. The van der Waals surface area contributed by atoms with E-state index >= 15 is 0 Å². The van der Waals surface area contributed by atoms with Gasteiger partial charge in [-0.05, 0) is 25.1 Å². The maximum Gasteiger partial charge on any atom is 0.242 e. The summed E-state index contributed by atoms with van der Waals surface area (Å²) in [5.74, 6) is 0.868. The average molecular weight is 246 g/mol. The Balaban J connectivity index is 2.63. The van der Waals surface area contributed by atoms with E-state index in [2.05, 4.69) is 10.3 Å². The fraction of sp³-hybridized carbons (Fsp3) is 0.385. The first-order chi connectivity index (χ1) is 8.58. The minimum atomic E-state index is -0.279. The molecule has 18 heavy (non-hydrogen) atoms. The number of imidazole rings is 1. The highest BCUT2D eigenvalue weighted by atomic mass is 16.2. The molecule has 1 aromatic heterocycles. The van der Waals surface area contributed by atoms with Crippen molar-refractivity contribution in [3.8, 4) is 0 Å². The van der Waals surface area contributed by atoms with Crippen molar-refractivity contribution in [3.63, 3.8) is 0 Å². The molecule has 0 saturated carbocycles. The van der Waals surface area contributed by atoms with Crippen LogP contribution in [0.4, 0.5) is 5.69 Å². The quantitative estimate of drug-likeness (QED) is 0.806. The molecule has 1 unspecified atom stereocenters. The van der Waals surface area contributed by atoms with Crippen LogP contribution >= 0.6 is 0 Å². The lowest BCUT2D eigenvalue weighted by molar-refractivity contribution is -0.123. The van der Waals surface area contributed by atoms with Crippen LogP contribution in [0, 0.1) is 0 Å². The number of benzene rings is 1. The van der Waals surface area contributed by atoms with Crippen LogP contribution in [0.25, 0.3) is 11.0 Å². The standard InChI is InChI=1S/C13H18N4O/c1-4-12-16-10-7-9(14)5-6-11(10)17(12)8(2)13(18)15-3/h5-8H,4,14H2,1-3H3,(H,15,18). The van der Waals surface area contributed by atoms with E-state index in [4.69, 9.17) is 5.73 Å². The summed E-state index contributed by atoms with van der Waals surface area (Å²) in [4.78, 5) is 16.3. The molecule has 1 aromatic carbocycles. The second-order valence-corrected chi connectivity index (χ2v) is 4.29. The average Bonchev–Trinajstić information content (AvgIpc) is 2.74. The number of hydrogen-bond donors (Lipinski definition) is 2. The molecule has 1 atom stereocenters. The maximum atomic E-state index is 11.8. The first kappa shape index (κ1) is 12.4. The Morgan fingerprint density at radius 1 is 1.56 bits per heavy atom. The molecule has 5 heteroatoms. The van der Waals surface area contributed by atoms with E-state index in [-0.39, 0.29) is 11.9 Å². The Labute approximate surface area is 106 Å². The SMILES string of the molecule is CCc1nc2cc(N)ccc2n1C(C)C(=O)NC. The number of rotatable bonds is 3. The molecule has 1 heterocycles. The van der Waals surface area contributed by atoms with Crippen LogP contribution in [0.15, 0.2) is 18.2 Å². The number of nitrogens with one attached hydrogen (secondary N) is 1. The van der Waals surface area contributed by atoms with E-state index in [9.17, 15) is 4.79 Å². The van der Waals surface area contributed by atoms with Gasteiger partial charge in [-0.25, -0.2) is 4.98 Å². The number of carbonyl (C=O) groups is 1. The van der Waals surface area contributed by atoms with Crippen LogP contribution in [-0.2, 0) is 11.2 Å². The molecular weight excluding hydrogens is 228 g/mol. The van der Waals surface area contributed by atoms with Gasteiger partial charge in [0.2, 0.25) is 5.91 Å². The van der Waals surface area contributed by atoms with E-state index in [1.54, 1.807) is 7.05 Å². The van der Waals surface area contributed by atoms with Crippen LogP contribution in [0.1, 0.15) is 25.7 Å². The van der Waals surface area contributed by atoms with Gasteiger partial charge in [-0.15, -0.1) is 0 Å². The highest BCUT2D eigenvalue weighted by molar-refractivity contribution is 5.85. The Bertz CT molecular complexity index is 588. The third-order valence-electron chi connectivity index (χ3n) is 3.12. The van der Waals surface area contributed by atoms with Gasteiger partial charge in [0.25, 0.3) is 0 Å². The van der Waals surface area contributed by atoms with Crippen LogP contribution in [0.2, 0.25) is 0 Å². The fourth-order valence-corrected chi connectivity index (χ4v) is 2.17. The second kappa shape index (κ2) is 4.68. The number of aromatic nitrogens is 2. The normalized spacial score (nSPS) is 12.6. The zero-order chi connectivity index (χ0) is 13.3. The van der Waals surface area contributed by atoms with Crippen molar-refractivity contribution < 1.29 is 4.79 Å².